The standard InChI is InChI=1S/C19H18N4O7/c1-4-28-19(25)13-10(3)30-17-14(13)16(20)21-12(22-17)8-29-18(24)11-7-5-6-9(2)15(11)23(26)27/h5-7H,4,8H2,1-3H3,(H2,20,21,22). The predicted molar refractivity (Wildman–Crippen MR) is 104 cm³/mol. The van der Waals surface area contributed by atoms with Crippen LogP contribution >= 0.6 is 0 Å². The molecule has 0 unspecified atom stereocenters. The number of nitro groups is 1. The van der Waals surface area contributed by atoms with Crippen LogP contribution in [0.2, 0.25) is 0 Å². The van der Waals surface area contributed by atoms with Gasteiger partial charge < -0.3 is 19.6 Å². The summed E-state index contributed by atoms with van der Waals surface area (Å²) < 4.78 is 15.6. The fraction of sp³-hybridized carbons (Fsp3) is 0.263. The van der Waals surface area contributed by atoms with Crippen LogP contribution in [-0.2, 0) is 16.1 Å². The number of ether oxygens (including phenoxy) is 2. The molecule has 3 rings (SSSR count). The fourth-order valence-electron chi connectivity index (χ4n) is 2.97. The molecule has 2 N–H and O–H groups in total. The highest BCUT2D eigenvalue weighted by molar-refractivity contribution is 6.07. The quantitative estimate of drug-likeness (QED) is 0.360. The van der Waals surface area contributed by atoms with Crippen molar-refractivity contribution in [1.82, 2.24) is 9.97 Å². The molecule has 0 aliphatic heterocycles. The average molecular weight is 414 g/mol. The minimum Gasteiger partial charge on any atom is -0.462 e. The number of fused-ring (bicyclic) bond motifs is 1. The molecule has 0 spiro atoms. The van der Waals surface area contributed by atoms with Crippen LogP contribution in [0.1, 0.15) is 44.8 Å². The van der Waals surface area contributed by atoms with Crippen LogP contribution in [0.5, 0.6) is 0 Å². The first-order valence-corrected chi connectivity index (χ1v) is 8.88. The van der Waals surface area contributed by atoms with E-state index in [4.69, 9.17) is 19.6 Å². The van der Waals surface area contributed by atoms with Gasteiger partial charge in [0, 0.05) is 5.56 Å². The second-order valence-electron chi connectivity index (χ2n) is 6.26. The van der Waals surface area contributed by atoms with E-state index in [2.05, 4.69) is 9.97 Å². The number of esters is 2. The van der Waals surface area contributed by atoms with Crippen LogP contribution in [-0.4, -0.2) is 33.4 Å². The maximum Gasteiger partial charge on any atom is 0.345 e. The molecule has 0 fully saturated rings. The molecule has 0 aliphatic carbocycles. The molecule has 0 radical (unpaired) electrons. The summed E-state index contributed by atoms with van der Waals surface area (Å²) in [5.74, 6) is -1.31. The summed E-state index contributed by atoms with van der Waals surface area (Å²) in [7, 11) is 0. The Labute approximate surface area is 170 Å². The summed E-state index contributed by atoms with van der Waals surface area (Å²) in [6.45, 7) is 4.51. The molecule has 1 aromatic carbocycles. The van der Waals surface area contributed by atoms with E-state index in [9.17, 15) is 19.7 Å². The first-order chi connectivity index (χ1) is 14.2. The molecule has 0 amide bonds. The van der Waals surface area contributed by atoms with Crippen molar-refractivity contribution in [3.05, 3.63) is 56.6 Å². The third kappa shape index (κ3) is 3.77. The number of rotatable bonds is 6. The molecule has 0 saturated carbocycles. The Hall–Kier alpha value is -4.02. The number of hydrogen-bond acceptors (Lipinski definition) is 10. The monoisotopic (exact) mass is 414 g/mol. The zero-order valence-electron chi connectivity index (χ0n) is 16.4. The van der Waals surface area contributed by atoms with Gasteiger partial charge in [0.05, 0.1) is 16.9 Å². The van der Waals surface area contributed by atoms with E-state index in [1.54, 1.807) is 13.8 Å². The van der Waals surface area contributed by atoms with Gasteiger partial charge in [0.1, 0.15) is 22.7 Å². The van der Waals surface area contributed by atoms with Gasteiger partial charge in [-0.3, -0.25) is 10.1 Å². The number of aryl methyl sites for hydroxylation is 2. The van der Waals surface area contributed by atoms with Crippen LogP contribution < -0.4 is 5.73 Å². The zero-order chi connectivity index (χ0) is 22.0. The number of carbonyl (C=O) groups is 2. The van der Waals surface area contributed by atoms with Crippen LogP contribution in [0.3, 0.4) is 0 Å². The van der Waals surface area contributed by atoms with Crippen molar-refractivity contribution in [1.29, 1.82) is 0 Å². The van der Waals surface area contributed by atoms with Gasteiger partial charge in [-0.25, -0.2) is 14.6 Å². The Bertz CT molecular complexity index is 1170. The number of benzene rings is 1. The van der Waals surface area contributed by atoms with Crippen molar-refractivity contribution >= 4 is 34.5 Å². The maximum absolute atomic E-state index is 12.4. The number of nitrogen functional groups attached to an aromatic ring is 1. The highest BCUT2D eigenvalue weighted by Gasteiger charge is 2.26. The van der Waals surface area contributed by atoms with Crippen molar-refractivity contribution < 1.29 is 28.4 Å². The molecule has 0 saturated heterocycles. The third-order valence-corrected chi connectivity index (χ3v) is 4.25. The lowest BCUT2D eigenvalue weighted by atomic mass is 10.1. The maximum atomic E-state index is 12.4. The fourth-order valence-corrected chi connectivity index (χ4v) is 2.97. The van der Waals surface area contributed by atoms with E-state index in [0.29, 0.717) is 5.56 Å². The van der Waals surface area contributed by atoms with Gasteiger partial charge in [-0.05, 0) is 26.8 Å². The minimum absolute atomic E-state index is 0.00724. The van der Waals surface area contributed by atoms with E-state index in [0.717, 1.165) is 0 Å². The van der Waals surface area contributed by atoms with Gasteiger partial charge in [-0.2, -0.15) is 4.98 Å². The van der Waals surface area contributed by atoms with Crippen LogP contribution in [0.15, 0.2) is 22.6 Å². The number of para-hydroxylation sites is 1. The molecule has 2 aromatic heterocycles. The zero-order valence-corrected chi connectivity index (χ0v) is 16.4. The molecule has 30 heavy (non-hydrogen) atoms. The lowest BCUT2D eigenvalue weighted by Crippen LogP contribution is -2.11. The molecule has 156 valence electrons. The summed E-state index contributed by atoms with van der Waals surface area (Å²) >= 11 is 0. The number of nitrogens with zero attached hydrogens (tertiary/aromatic N) is 3. The molecular weight excluding hydrogens is 396 g/mol. The van der Waals surface area contributed by atoms with Gasteiger partial charge in [0.2, 0.25) is 5.71 Å². The van der Waals surface area contributed by atoms with E-state index >= 15 is 0 Å². The van der Waals surface area contributed by atoms with Crippen LogP contribution in [0.25, 0.3) is 11.1 Å². The second-order valence-corrected chi connectivity index (χ2v) is 6.26. The number of furan rings is 1. The van der Waals surface area contributed by atoms with Gasteiger partial charge in [-0.15, -0.1) is 0 Å². The highest BCUT2D eigenvalue weighted by atomic mass is 16.6. The Morgan fingerprint density at radius 1 is 1.20 bits per heavy atom. The smallest absolute Gasteiger partial charge is 0.345 e. The molecule has 0 aliphatic rings. The molecule has 3 aromatic rings. The van der Waals surface area contributed by atoms with Gasteiger partial charge in [-0.1, -0.05) is 12.1 Å². The van der Waals surface area contributed by atoms with E-state index in [1.165, 1.54) is 25.1 Å². The first-order valence-electron chi connectivity index (χ1n) is 8.88. The lowest BCUT2D eigenvalue weighted by molar-refractivity contribution is -0.385. The summed E-state index contributed by atoms with van der Waals surface area (Å²) in [5.41, 5.74) is 5.93. The average Bonchev–Trinajstić information content (AvgIpc) is 3.02. The van der Waals surface area contributed by atoms with Crippen molar-refractivity contribution in [2.75, 3.05) is 12.3 Å². The Kier molecular flexibility index (Phi) is 5.63. The summed E-state index contributed by atoms with van der Waals surface area (Å²) in [4.78, 5) is 43.3. The van der Waals surface area contributed by atoms with Crippen molar-refractivity contribution in [3.8, 4) is 0 Å². The molecule has 0 atom stereocenters. The topological polar surface area (TPSA) is 161 Å². The number of aromatic nitrogens is 2. The SMILES string of the molecule is CCOC(=O)c1c(C)oc2nc(COC(=O)c3cccc(C)c3[N+](=O)[O-])nc(N)c12. The van der Waals surface area contributed by atoms with E-state index in [1.807, 2.05) is 0 Å². The van der Waals surface area contributed by atoms with E-state index < -0.39 is 23.5 Å². The molecule has 11 nitrogen and oxygen atoms in total. The molecule has 0 bridgehead atoms. The van der Waals surface area contributed by atoms with Gasteiger partial charge in [0.25, 0.3) is 5.69 Å². The van der Waals surface area contributed by atoms with E-state index in [-0.39, 0.29) is 51.9 Å². The normalized spacial score (nSPS) is 10.8. The molecule has 2 heterocycles. The van der Waals surface area contributed by atoms with Gasteiger partial charge in [0.15, 0.2) is 12.4 Å². The Balaban J connectivity index is 1.88. The van der Waals surface area contributed by atoms with Gasteiger partial charge >= 0.3 is 11.9 Å². The van der Waals surface area contributed by atoms with Crippen LogP contribution in [0.4, 0.5) is 11.5 Å². The van der Waals surface area contributed by atoms with Crippen molar-refractivity contribution in [2.45, 2.75) is 27.4 Å². The highest BCUT2D eigenvalue weighted by Crippen LogP contribution is 2.29. The summed E-state index contributed by atoms with van der Waals surface area (Å²) in [6.07, 6.45) is 0. The number of carbonyl (C=O) groups excluding carboxylic acids is 2. The number of hydrogen-bond donors (Lipinski definition) is 1. The summed E-state index contributed by atoms with van der Waals surface area (Å²) in [6, 6.07) is 4.34. The number of anilines is 1. The third-order valence-electron chi connectivity index (χ3n) is 4.25. The molecule has 11 heteroatoms. The Morgan fingerprint density at radius 3 is 2.60 bits per heavy atom. The van der Waals surface area contributed by atoms with Crippen molar-refractivity contribution in [3.63, 3.8) is 0 Å². The minimum atomic E-state index is -0.907. The van der Waals surface area contributed by atoms with Crippen LogP contribution in [0, 0.1) is 24.0 Å². The van der Waals surface area contributed by atoms with Crippen molar-refractivity contribution in [2.24, 2.45) is 0 Å². The summed E-state index contributed by atoms with van der Waals surface area (Å²) in [5, 5.41) is 11.5. The lowest BCUT2D eigenvalue weighted by Gasteiger charge is -2.07. The Morgan fingerprint density at radius 2 is 1.93 bits per heavy atom. The molecular formula is C19H18N4O7. The predicted octanol–water partition coefficient (Wildman–Crippen LogP) is 2.86. The number of nitro benzene ring substituents is 1. The first kappa shape index (κ1) is 20.7. The second kappa shape index (κ2) is 8.15. The number of nitrogens with two attached hydrogens (primary N) is 1. The largest absolute Gasteiger partial charge is 0.462 e.